The third-order valence-corrected chi connectivity index (χ3v) is 6.92. The Morgan fingerprint density at radius 2 is 1.57 bits per heavy atom. The summed E-state index contributed by atoms with van der Waals surface area (Å²) in [7, 11) is 4.37. The molecular weight excluding hydrogens is 557 g/mol. The third kappa shape index (κ3) is 7.26. The predicted octanol–water partition coefficient (Wildman–Crippen LogP) is 5.78. The van der Waals surface area contributed by atoms with Gasteiger partial charge >= 0.3 is 5.97 Å². The SMILES string of the molecule is CCOCc1cc(OC)c(-c2ccc(C[C@H](NC(=O)c3c(Cl)cccc3Cl)C(=O)OC)cc2C(C)O)c(OC)c1. The van der Waals surface area contributed by atoms with Gasteiger partial charge in [-0.25, -0.2) is 4.79 Å². The van der Waals surface area contributed by atoms with Crippen LogP contribution in [0.5, 0.6) is 11.5 Å². The summed E-state index contributed by atoms with van der Waals surface area (Å²) in [4.78, 5) is 25.6. The molecule has 3 aromatic rings. The third-order valence-electron chi connectivity index (χ3n) is 6.29. The summed E-state index contributed by atoms with van der Waals surface area (Å²) in [6.07, 6.45) is -0.789. The molecule has 8 nitrogen and oxygen atoms in total. The fourth-order valence-electron chi connectivity index (χ4n) is 4.36. The van der Waals surface area contributed by atoms with Crippen LogP contribution in [0.4, 0.5) is 0 Å². The Balaban J connectivity index is 2.01. The number of carbonyl (C=O) groups is 2. The van der Waals surface area contributed by atoms with E-state index in [0.717, 1.165) is 5.56 Å². The Labute approximate surface area is 244 Å². The Kier molecular flexibility index (Phi) is 11.2. The van der Waals surface area contributed by atoms with Crippen molar-refractivity contribution in [2.45, 2.75) is 39.0 Å². The van der Waals surface area contributed by atoms with Crippen LogP contribution in [0.1, 0.15) is 47.0 Å². The van der Waals surface area contributed by atoms with E-state index in [4.69, 9.17) is 42.1 Å². The minimum absolute atomic E-state index is 0.0618. The molecule has 0 aliphatic rings. The van der Waals surface area contributed by atoms with E-state index >= 15 is 0 Å². The number of rotatable bonds is 12. The van der Waals surface area contributed by atoms with Crippen molar-refractivity contribution in [2.24, 2.45) is 0 Å². The number of esters is 1. The first kappa shape index (κ1) is 31.2. The molecule has 1 amide bonds. The van der Waals surface area contributed by atoms with Crippen molar-refractivity contribution in [3.05, 3.63) is 80.8 Å². The Bertz CT molecular complexity index is 1310. The van der Waals surface area contributed by atoms with E-state index in [9.17, 15) is 14.7 Å². The highest BCUT2D eigenvalue weighted by Gasteiger charge is 2.26. The lowest BCUT2D eigenvalue weighted by Crippen LogP contribution is -2.43. The van der Waals surface area contributed by atoms with E-state index in [1.165, 1.54) is 19.2 Å². The van der Waals surface area contributed by atoms with Crippen molar-refractivity contribution in [1.82, 2.24) is 5.32 Å². The quantitative estimate of drug-likeness (QED) is 0.258. The predicted molar refractivity (Wildman–Crippen MR) is 154 cm³/mol. The van der Waals surface area contributed by atoms with Gasteiger partial charge in [-0.2, -0.15) is 0 Å². The number of aliphatic hydroxyl groups excluding tert-OH is 1. The number of aliphatic hydroxyl groups is 1. The summed E-state index contributed by atoms with van der Waals surface area (Å²) < 4.78 is 21.9. The van der Waals surface area contributed by atoms with Crippen molar-refractivity contribution in [1.29, 1.82) is 0 Å². The fraction of sp³-hybridized carbons (Fsp3) is 0.333. The zero-order valence-corrected chi connectivity index (χ0v) is 24.6. The molecule has 0 bridgehead atoms. The number of hydrogen-bond donors (Lipinski definition) is 2. The van der Waals surface area contributed by atoms with E-state index in [1.807, 2.05) is 25.1 Å². The first-order valence-corrected chi connectivity index (χ1v) is 13.4. The molecule has 0 spiro atoms. The van der Waals surface area contributed by atoms with Gasteiger partial charge in [0.2, 0.25) is 0 Å². The molecule has 0 fully saturated rings. The van der Waals surface area contributed by atoms with E-state index in [2.05, 4.69) is 5.32 Å². The van der Waals surface area contributed by atoms with Crippen LogP contribution in [-0.4, -0.2) is 51.0 Å². The van der Waals surface area contributed by atoms with Gasteiger partial charge in [0.15, 0.2) is 0 Å². The first-order valence-electron chi connectivity index (χ1n) is 12.6. The monoisotopic (exact) mass is 589 g/mol. The van der Waals surface area contributed by atoms with E-state index in [-0.39, 0.29) is 22.0 Å². The number of hydrogen-bond acceptors (Lipinski definition) is 7. The zero-order chi connectivity index (χ0) is 29.4. The van der Waals surface area contributed by atoms with Crippen LogP contribution >= 0.6 is 23.2 Å². The topological polar surface area (TPSA) is 103 Å². The van der Waals surface area contributed by atoms with Crippen LogP contribution < -0.4 is 14.8 Å². The molecule has 2 N–H and O–H groups in total. The number of carbonyl (C=O) groups excluding carboxylic acids is 2. The van der Waals surface area contributed by atoms with Crippen molar-refractivity contribution in [2.75, 3.05) is 27.9 Å². The number of benzene rings is 3. The highest BCUT2D eigenvalue weighted by atomic mass is 35.5. The molecule has 3 rings (SSSR count). The molecule has 1 unspecified atom stereocenters. The van der Waals surface area contributed by atoms with Crippen molar-refractivity contribution in [3.63, 3.8) is 0 Å². The largest absolute Gasteiger partial charge is 0.496 e. The Morgan fingerprint density at radius 3 is 2.10 bits per heavy atom. The van der Waals surface area contributed by atoms with Crippen LogP contribution in [0.15, 0.2) is 48.5 Å². The molecule has 2 atom stereocenters. The zero-order valence-electron chi connectivity index (χ0n) is 23.0. The van der Waals surface area contributed by atoms with E-state index in [0.29, 0.717) is 47.0 Å². The number of nitrogens with one attached hydrogen (secondary N) is 1. The fourth-order valence-corrected chi connectivity index (χ4v) is 4.93. The molecule has 0 saturated heterocycles. The van der Waals surface area contributed by atoms with Gasteiger partial charge in [0.05, 0.1) is 55.2 Å². The molecule has 0 aliphatic carbocycles. The highest BCUT2D eigenvalue weighted by Crippen LogP contribution is 2.43. The smallest absolute Gasteiger partial charge is 0.328 e. The summed E-state index contributed by atoms with van der Waals surface area (Å²) in [5.74, 6) is -0.146. The lowest BCUT2D eigenvalue weighted by Gasteiger charge is -2.21. The van der Waals surface area contributed by atoms with Crippen LogP contribution in [0.2, 0.25) is 10.0 Å². The Hall–Kier alpha value is -3.30. The van der Waals surface area contributed by atoms with E-state index in [1.54, 1.807) is 39.3 Å². The summed E-state index contributed by atoms with van der Waals surface area (Å²) in [6, 6.07) is 12.8. The van der Waals surface area contributed by atoms with Gasteiger partial charge in [0, 0.05) is 13.0 Å². The van der Waals surface area contributed by atoms with Gasteiger partial charge in [-0.3, -0.25) is 4.79 Å². The average Bonchev–Trinajstić information content (AvgIpc) is 2.94. The van der Waals surface area contributed by atoms with Gasteiger partial charge < -0.3 is 29.4 Å². The second kappa shape index (κ2) is 14.4. The van der Waals surface area contributed by atoms with Gasteiger partial charge in [-0.1, -0.05) is 47.5 Å². The summed E-state index contributed by atoms with van der Waals surface area (Å²) in [5, 5.41) is 13.7. The van der Waals surface area contributed by atoms with E-state index < -0.39 is 24.0 Å². The van der Waals surface area contributed by atoms with Crippen molar-refractivity contribution in [3.8, 4) is 22.6 Å². The average molecular weight is 591 g/mol. The first-order chi connectivity index (χ1) is 19.1. The maximum Gasteiger partial charge on any atom is 0.328 e. The standard InChI is InChI=1S/C30H33Cl2NO7/c1-6-40-16-19-14-25(37-3)27(26(15-19)38-4)20-11-10-18(12-21(20)17(2)34)13-24(30(36)39-5)33-29(35)28-22(31)8-7-9-23(28)32/h7-12,14-15,17,24,34H,6,13,16H2,1-5H3,(H,33,35)/t17?,24-/m0/s1. The Morgan fingerprint density at radius 1 is 0.950 bits per heavy atom. The van der Waals surface area contributed by atoms with Crippen LogP contribution in [0.3, 0.4) is 0 Å². The molecule has 214 valence electrons. The van der Waals surface area contributed by atoms with Crippen LogP contribution in [0, 0.1) is 0 Å². The number of ether oxygens (including phenoxy) is 4. The molecule has 0 saturated carbocycles. The van der Waals surface area contributed by atoms with Crippen molar-refractivity contribution < 1.29 is 33.6 Å². The number of halogens is 2. The van der Waals surface area contributed by atoms with Crippen LogP contribution in [-0.2, 0) is 27.3 Å². The van der Waals surface area contributed by atoms with Gasteiger partial charge in [0.1, 0.15) is 17.5 Å². The van der Waals surface area contributed by atoms with Crippen LogP contribution in [0.25, 0.3) is 11.1 Å². The maximum absolute atomic E-state index is 13.0. The number of methoxy groups -OCH3 is 3. The molecule has 0 aliphatic heterocycles. The molecule has 3 aromatic carbocycles. The molecular formula is C30H33Cl2NO7. The molecule has 40 heavy (non-hydrogen) atoms. The summed E-state index contributed by atoms with van der Waals surface area (Å²) in [6.45, 7) is 4.52. The number of amides is 1. The molecule has 10 heteroatoms. The minimum Gasteiger partial charge on any atom is -0.496 e. The normalized spacial score (nSPS) is 12.4. The highest BCUT2D eigenvalue weighted by molar-refractivity contribution is 6.39. The summed E-state index contributed by atoms with van der Waals surface area (Å²) >= 11 is 12.4. The van der Waals surface area contributed by atoms with Gasteiger partial charge in [-0.05, 0) is 60.4 Å². The second-order valence-electron chi connectivity index (χ2n) is 8.96. The lowest BCUT2D eigenvalue weighted by atomic mass is 9.91. The summed E-state index contributed by atoms with van der Waals surface area (Å²) in [5.41, 5.74) is 3.55. The van der Waals surface area contributed by atoms with Gasteiger partial charge in [0.25, 0.3) is 5.91 Å². The van der Waals surface area contributed by atoms with Gasteiger partial charge in [-0.15, -0.1) is 0 Å². The molecule has 0 aromatic heterocycles. The molecule has 0 radical (unpaired) electrons. The molecule has 0 heterocycles. The maximum atomic E-state index is 13.0. The minimum atomic E-state index is -1.04. The lowest BCUT2D eigenvalue weighted by molar-refractivity contribution is -0.142. The van der Waals surface area contributed by atoms with Crippen molar-refractivity contribution >= 4 is 35.1 Å². The second-order valence-corrected chi connectivity index (χ2v) is 9.77.